The Kier molecular flexibility index (Phi) is 2.82. The first-order chi connectivity index (χ1) is 9.74. The molecule has 2 aliphatic heterocycles. The van der Waals surface area contributed by atoms with E-state index in [2.05, 4.69) is 14.9 Å². The van der Waals surface area contributed by atoms with Crippen LogP contribution in [0.25, 0.3) is 0 Å². The Morgan fingerprint density at radius 2 is 2.15 bits per heavy atom. The van der Waals surface area contributed by atoms with Crippen molar-refractivity contribution >= 4 is 5.82 Å². The summed E-state index contributed by atoms with van der Waals surface area (Å²) in [5.74, 6) is 1.55. The van der Waals surface area contributed by atoms with Crippen molar-refractivity contribution in [3.05, 3.63) is 22.2 Å². The molecular weight excluding hydrogens is 258 g/mol. The molecular formula is C14H19N3O3. The molecule has 1 aliphatic carbocycles. The molecule has 1 aromatic rings. The molecule has 0 atom stereocenters. The van der Waals surface area contributed by atoms with E-state index in [1.54, 1.807) is 6.07 Å². The summed E-state index contributed by atoms with van der Waals surface area (Å²) in [7, 11) is 0. The van der Waals surface area contributed by atoms with Crippen molar-refractivity contribution in [3.63, 3.8) is 0 Å². The molecule has 20 heavy (non-hydrogen) atoms. The van der Waals surface area contributed by atoms with Crippen LogP contribution in [0.2, 0.25) is 0 Å². The summed E-state index contributed by atoms with van der Waals surface area (Å²) in [4.78, 5) is 21.4. The van der Waals surface area contributed by atoms with Crippen LogP contribution in [0.1, 0.15) is 37.4 Å². The largest absolute Gasteiger partial charge is 0.351 e. The van der Waals surface area contributed by atoms with Crippen LogP contribution in [0.5, 0.6) is 0 Å². The van der Waals surface area contributed by atoms with Crippen LogP contribution in [-0.2, 0) is 9.47 Å². The van der Waals surface area contributed by atoms with E-state index in [9.17, 15) is 4.79 Å². The number of nitrogens with one attached hydrogen (secondary N) is 1. The number of piperidine rings is 1. The minimum Gasteiger partial charge on any atom is -0.351 e. The highest BCUT2D eigenvalue weighted by Gasteiger charge is 2.41. The van der Waals surface area contributed by atoms with Gasteiger partial charge in [-0.2, -0.15) is 0 Å². The Bertz CT molecular complexity index is 561. The third kappa shape index (κ3) is 2.23. The summed E-state index contributed by atoms with van der Waals surface area (Å²) in [6.45, 7) is 2.87. The van der Waals surface area contributed by atoms with Crippen LogP contribution in [0.3, 0.4) is 0 Å². The minimum absolute atomic E-state index is 0.0650. The lowest BCUT2D eigenvalue weighted by Crippen LogP contribution is -2.49. The lowest BCUT2D eigenvalue weighted by molar-refractivity contribution is -0.161. The van der Waals surface area contributed by atoms with Crippen molar-refractivity contribution in [2.45, 2.75) is 37.4 Å². The van der Waals surface area contributed by atoms with Crippen molar-refractivity contribution in [1.29, 1.82) is 0 Å². The van der Waals surface area contributed by atoms with Gasteiger partial charge in [0.25, 0.3) is 5.56 Å². The molecule has 1 aromatic heterocycles. The number of hydrogen-bond donors (Lipinski definition) is 1. The molecule has 0 bridgehead atoms. The highest BCUT2D eigenvalue weighted by molar-refractivity contribution is 5.39. The second kappa shape index (κ2) is 4.56. The number of H-pyrrole nitrogens is 1. The zero-order valence-corrected chi connectivity index (χ0v) is 11.4. The Hall–Kier alpha value is -1.40. The van der Waals surface area contributed by atoms with Crippen LogP contribution < -0.4 is 10.5 Å². The summed E-state index contributed by atoms with van der Waals surface area (Å²) in [5, 5.41) is 0. The van der Waals surface area contributed by atoms with Crippen molar-refractivity contribution in [1.82, 2.24) is 9.97 Å². The van der Waals surface area contributed by atoms with Crippen LogP contribution >= 0.6 is 0 Å². The maximum absolute atomic E-state index is 11.8. The fourth-order valence-electron chi connectivity index (χ4n) is 3.09. The summed E-state index contributed by atoms with van der Waals surface area (Å²) in [6, 6.07) is 1.58. The fraction of sp³-hybridized carbons (Fsp3) is 0.714. The molecule has 2 saturated heterocycles. The standard InChI is InChI=1S/C14H19N3O3/c18-12-8-11(15-13(16-12)10-2-3-10)17-5-1-4-14(9-17)19-6-7-20-14/h8,10H,1-7,9H2,(H,15,16,18). The molecule has 108 valence electrons. The molecule has 6 heteroatoms. The monoisotopic (exact) mass is 277 g/mol. The summed E-state index contributed by atoms with van der Waals surface area (Å²) in [6.07, 6.45) is 4.17. The van der Waals surface area contributed by atoms with E-state index in [-0.39, 0.29) is 5.56 Å². The number of aromatic nitrogens is 2. The van der Waals surface area contributed by atoms with E-state index in [4.69, 9.17) is 9.47 Å². The number of aromatic amines is 1. The average molecular weight is 277 g/mol. The zero-order valence-electron chi connectivity index (χ0n) is 11.4. The maximum atomic E-state index is 11.8. The normalized spacial score (nSPS) is 25.3. The first-order valence-corrected chi connectivity index (χ1v) is 7.38. The Morgan fingerprint density at radius 1 is 1.35 bits per heavy atom. The van der Waals surface area contributed by atoms with Gasteiger partial charge >= 0.3 is 0 Å². The van der Waals surface area contributed by atoms with Gasteiger partial charge < -0.3 is 19.4 Å². The van der Waals surface area contributed by atoms with Crippen molar-refractivity contribution < 1.29 is 9.47 Å². The Labute approximate surface area is 117 Å². The molecule has 0 unspecified atom stereocenters. The Balaban J connectivity index is 1.61. The lowest BCUT2D eigenvalue weighted by Gasteiger charge is -2.39. The highest BCUT2D eigenvalue weighted by Crippen LogP contribution is 2.38. The summed E-state index contributed by atoms with van der Waals surface area (Å²) < 4.78 is 11.6. The molecule has 3 heterocycles. The SMILES string of the molecule is O=c1cc(N2CCCC3(C2)OCCO3)nc(C2CC2)[nH]1. The summed E-state index contributed by atoms with van der Waals surface area (Å²) in [5.41, 5.74) is -0.0650. The van der Waals surface area contributed by atoms with Gasteiger partial charge in [-0.25, -0.2) is 4.98 Å². The molecule has 0 radical (unpaired) electrons. The first-order valence-electron chi connectivity index (χ1n) is 7.38. The van der Waals surface area contributed by atoms with Crippen molar-refractivity contribution in [2.75, 3.05) is 31.2 Å². The van der Waals surface area contributed by atoms with Gasteiger partial charge in [-0.15, -0.1) is 0 Å². The third-order valence-electron chi connectivity index (χ3n) is 4.27. The van der Waals surface area contributed by atoms with E-state index in [0.717, 1.165) is 43.9 Å². The van der Waals surface area contributed by atoms with E-state index in [1.807, 2.05) is 0 Å². The molecule has 6 nitrogen and oxygen atoms in total. The van der Waals surface area contributed by atoms with Crippen molar-refractivity contribution in [3.8, 4) is 0 Å². The topological polar surface area (TPSA) is 67.5 Å². The summed E-state index contributed by atoms with van der Waals surface area (Å²) >= 11 is 0. The second-order valence-electron chi connectivity index (χ2n) is 5.90. The van der Waals surface area contributed by atoms with Gasteiger partial charge in [0.15, 0.2) is 5.79 Å². The predicted molar refractivity (Wildman–Crippen MR) is 72.9 cm³/mol. The van der Waals surface area contributed by atoms with E-state index in [0.29, 0.717) is 25.7 Å². The first kappa shape index (κ1) is 12.3. The molecule has 0 amide bonds. The molecule has 4 rings (SSSR count). The fourth-order valence-corrected chi connectivity index (χ4v) is 3.09. The maximum Gasteiger partial charge on any atom is 0.252 e. The number of anilines is 1. The van der Waals surface area contributed by atoms with E-state index >= 15 is 0 Å². The number of ether oxygens (including phenoxy) is 2. The van der Waals surface area contributed by atoms with Gasteiger partial charge in [0, 0.05) is 24.9 Å². The predicted octanol–water partition coefficient (Wildman–Crippen LogP) is 0.991. The lowest BCUT2D eigenvalue weighted by atomic mass is 10.0. The Morgan fingerprint density at radius 3 is 2.90 bits per heavy atom. The van der Waals surface area contributed by atoms with Gasteiger partial charge in [-0.1, -0.05) is 0 Å². The van der Waals surface area contributed by atoms with Crippen LogP contribution in [0, 0.1) is 0 Å². The molecule has 1 saturated carbocycles. The zero-order chi connectivity index (χ0) is 13.6. The van der Waals surface area contributed by atoms with Gasteiger partial charge in [0.05, 0.1) is 19.8 Å². The quantitative estimate of drug-likeness (QED) is 0.873. The van der Waals surface area contributed by atoms with Crippen molar-refractivity contribution in [2.24, 2.45) is 0 Å². The highest BCUT2D eigenvalue weighted by atomic mass is 16.7. The van der Waals surface area contributed by atoms with Crippen LogP contribution in [-0.4, -0.2) is 42.1 Å². The average Bonchev–Trinajstić information content (AvgIpc) is 3.21. The number of rotatable bonds is 2. The smallest absolute Gasteiger partial charge is 0.252 e. The number of hydrogen-bond acceptors (Lipinski definition) is 5. The van der Waals surface area contributed by atoms with Crippen LogP contribution in [0.4, 0.5) is 5.82 Å². The van der Waals surface area contributed by atoms with Gasteiger partial charge in [-0.3, -0.25) is 4.79 Å². The second-order valence-corrected chi connectivity index (χ2v) is 5.90. The van der Waals surface area contributed by atoms with E-state index in [1.165, 1.54) is 0 Å². The molecule has 0 aromatic carbocycles. The third-order valence-corrected chi connectivity index (χ3v) is 4.27. The van der Waals surface area contributed by atoms with Gasteiger partial charge in [0.1, 0.15) is 11.6 Å². The minimum atomic E-state index is -0.484. The van der Waals surface area contributed by atoms with Gasteiger partial charge in [0.2, 0.25) is 0 Å². The van der Waals surface area contributed by atoms with E-state index < -0.39 is 5.79 Å². The van der Waals surface area contributed by atoms with Gasteiger partial charge in [-0.05, 0) is 19.3 Å². The molecule has 3 fully saturated rings. The number of nitrogens with zero attached hydrogens (tertiary/aromatic N) is 2. The molecule has 1 N–H and O–H groups in total. The molecule has 3 aliphatic rings. The van der Waals surface area contributed by atoms with Crippen LogP contribution in [0.15, 0.2) is 10.9 Å². The molecule has 1 spiro atoms.